The number of nitrogens with zero attached hydrogens (tertiary/aromatic N) is 2. The van der Waals surface area contributed by atoms with E-state index in [0.29, 0.717) is 12.1 Å². The number of pyridine rings is 1. The van der Waals surface area contributed by atoms with Gasteiger partial charge in [0, 0.05) is 18.4 Å². The Kier molecular flexibility index (Phi) is 4.90. The number of carbonyl (C=O) groups is 2. The second kappa shape index (κ2) is 6.67. The molecule has 1 N–H and O–H groups in total. The van der Waals surface area contributed by atoms with Gasteiger partial charge in [0.15, 0.2) is 0 Å². The number of hydrogen-bond donors (Lipinski definition) is 1. The molecular formula is C15H20N2O4. The van der Waals surface area contributed by atoms with E-state index in [1.165, 1.54) is 6.20 Å². The van der Waals surface area contributed by atoms with E-state index in [0.717, 1.165) is 12.1 Å². The highest BCUT2D eigenvalue weighted by Gasteiger charge is 2.39. The zero-order chi connectivity index (χ0) is 15.4. The van der Waals surface area contributed by atoms with Gasteiger partial charge >= 0.3 is 5.97 Å². The van der Waals surface area contributed by atoms with Crippen molar-refractivity contribution in [3.63, 3.8) is 0 Å². The van der Waals surface area contributed by atoms with Crippen LogP contribution in [0.2, 0.25) is 0 Å². The van der Waals surface area contributed by atoms with E-state index in [1.807, 2.05) is 13.8 Å². The molecule has 21 heavy (non-hydrogen) atoms. The van der Waals surface area contributed by atoms with E-state index in [2.05, 4.69) is 4.98 Å². The first kappa shape index (κ1) is 15.4. The van der Waals surface area contributed by atoms with Gasteiger partial charge in [0.25, 0.3) is 5.91 Å². The van der Waals surface area contributed by atoms with Gasteiger partial charge in [0.05, 0.1) is 24.8 Å². The van der Waals surface area contributed by atoms with Crippen molar-refractivity contribution in [3.8, 4) is 0 Å². The fraction of sp³-hybridized carbons (Fsp3) is 0.533. The van der Waals surface area contributed by atoms with Crippen LogP contribution in [0.15, 0.2) is 18.3 Å². The summed E-state index contributed by atoms with van der Waals surface area (Å²) in [4.78, 5) is 29.7. The van der Waals surface area contributed by atoms with Crippen LogP contribution in [-0.2, 0) is 9.53 Å². The molecule has 0 bridgehead atoms. The van der Waals surface area contributed by atoms with Gasteiger partial charge in [-0.25, -0.2) is 0 Å². The molecule has 6 nitrogen and oxygen atoms in total. The number of carboxylic acid groups (broad SMARTS) is 1. The van der Waals surface area contributed by atoms with Crippen LogP contribution in [-0.4, -0.2) is 52.7 Å². The van der Waals surface area contributed by atoms with E-state index in [1.54, 1.807) is 17.0 Å². The topological polar surface area (TPSA) is 79.7 Å². The van der Waals surface area contributed by atoms with E-state index in [4.69, 9.17) is 4.74 Å². The normalized spacial score (nSPS) is 21.2. The maximum Gasteiger partial charge on any atom is 0.311 e. The van der Waals surface area contributed by atoms with Crippen molar-refractivity contribution < 1.29 is 19.4 Å². The molecule has 0 aliphatic carbocycles. The maximum absolute atomic E-state index is 12.6. The Labute approximate surface area is 123 Å². The summed E-state index contributed by atoms with van der Waals surface area (Å²) >= 11 is 0. The quantitative estimate of drug-likeness (QED) is 0.886. The Hall–Kier alpha value is -1.95. The molecule has 2 atom stereocenters. The van der Waals surface area contributed by atoms with Gasteiger partial charge in [-0.15, -0.1) is 0 Å². The summed E-state index contributed by atoms with van der Waals surface area (Å²) in [6.07, 6.45) is 2.29. The highest BCUT2D eigenvalue weighted by atomic mass is 16.5. The fourth-order valence-electron chi connectivity index (χ4n) is 2.51. The Bertz CT molecular complexity index is 515. The van der Waals surface area contributed by atoms with Crippen LogP contribution in [0.3, 0.4) is 0 Å². The maximum atomic E-state index is 12.6. The van der Waals surface area contributed by atoms with E-state index >= 15 is 0 Å². The molecule has 1 saturated heterocycles. The summed E-state index contributed by atoms with van der Waals surface area (Å²) in [5.74, 6) is -1.78. The van der Waals surface area contributed by atoms with Crippen LogP contribution in [0.4, 0.5) is 0 Å². The zero-order valence-corrected chi connectivity index (χ0v) is 12.3. The molecule has 0 saturated carbocycles. The van der Waals surface area contributed by atoms with Gasteiger partial charge in [-0.3, -0.25) is 14.6 Å². The van der Waals surface area contributed by atoms with Gasteiger partial charge in [-0.05, 0) is 25.5 Å². The van der Waals surface area contributed by atoms with Crippen molar-refractivity contribution >= 4 is 11.9 Å². The molecule has 1 aromatic heterocycles. The summed E-state index contributed by atoms with van der Waals surface area (Å²) in [6.45, 7) is 4.73. The largest absolute Gasteiger partial charge is 0.481 e. The first-order chi connectivity index (χ1) is 10.0. The van der Waals surface area contributed by atoms with Gasteiger partial charge in [0.1, 0.15) is 5.92 Å². The van der Waals surface area contributed by atoms with Crippen molar-refractivity contribution in [2.24, 2.45) is 5.92 Å². The van der Waals surface area contributed by atoms with Crippen LogP contribution in [0.1, 0.15) is 29.4 Å². The van der Waals surface area contributed by atoms with Crippen LogP contribution in [0.5, 0.6) is 0 Å². The number of carboxylic acids is 1. The molecule has 6 heteroatoms. The lowest BCUT2D eigenvalue weighted by Gasteiger charge is -2.30. The average molecular weight is 292 g/mol. The second-order valence-corrected chi connectivity index (χ2v) is 5.24. The standard InChI is InChI=1S/C15H20N2O4/c1-3-6-17(13-9-21-8-12(13)15(19)20)14(18)11-5-4-10(2)16-7-11/h4-5,7,12-13H,3,6,8-9H2,1-2H3,(H,19,20). The first-order valence-electron chi connectivity index (χ1n) is 7.08. The lowest BCUT2D eigenvalue weighted by Crippen LogP contribution is -2.47. The van der Waals surface area contributed by atoms with Crippen LogP contribution >= 0.6 is 0 Å². The van der Waals surface area contributed by atoms with Crippen molar-refractivity contribution in [1.29, 1.82) is 0 Å². The number of rotatable bonds is 5. The monoisotopic (exact) mass is 292 g/mol. The van der Waals surface area contributed by atoms with Crippen molar-refractivity contribution in [1.82, 2.24) is 9.88 Å². The predicted molar refractivity (Wildman–Crippen MR) is 76.0 cm³/mol. The van der Waals surface area contributed by atoms with Gasteiger partial charge in [-0.1, -0.05) is 6.92 Å². The molecule has 2 unspecified atom stereocenters. The Balaban J connectivity index is 2.23. The molecule has 2 rings (SSSR count). The van der Waals surface area contributed by atoms with E-state index < -0.39 is 17.9 Å². The molecule has 1 aliphatic heterocycles. The summed E-state index contributed by atoms with van der Waals surface area (Å²) in [5, 5.41) is 9.26. The minimum atomic E-state index is -0.923. The fourth-order valence-corrected chi connectivity index (χ4v) is 2.51. The third kappa shape index (κ3) is 3.39. The number of aryl methyl sites for hydroxylation is 1. The van der Waals surface area contributed by atoms with Gasteiger partial charge in [-0.2, -0.15) is 0 Å². The minimum absolute atomic E-state index is 0.152. The number of aliphatic carboxylic acids is 1. The van der Waals surface area contributed by atoms with Crippen molar-refractivity contribution in [2.75, 3.05) is 19.8 Å². The van der Waals surface area contributed by atoms with E-state index in [9.17, 15) is 14.7 Å². The number of amides is 1. The predicted octanol–water partition coefficient (Wildman–Crippen LogP) is 1.34. The summed E-state index contributed by atoms with van der Waals surface area (Å²) in [5.41, 5.74) is 1.31. The molecule has 0 aromatic carbocycles. The smallest absolute Gasteiger partial charge is 0.311 e. The lowest BCUT2D eigenvalue weighted by atomic mass is 10.0. The SMILES string of the molecule is CCCN(C(=O)c1ccc(C)nc1)C1COCC1C(=O)O. The number of ether oxygens (including phenoxy) is 1. The highest BCUT2D eigenvalue weighted by molar-refractivity contribution is 5.94. The average Bonchev–Trinajstić information content (AvgIpc) is 2.94. The second-order valence-electron chi connectivity index (χ2n) is 5.24. The van der Waals surface area contributed by atoms with Crippen molar-refractivity contribution in [3.05, 3.63) is 29.6 Å². The molecule has 1 aliphatic rings. The molecule has 114 valence electrons. The zero-order valence-electron chi connectivity index (χ0n) is 12.3. The Morgan fingerprint density at radius 1 is 1.43 bits per heavy atom. The highest BCUT2D eigenvalue weighted by Crippen LogP contribution is 2.22. The third-order valence-corrected chi connectivity index (χ3v) is 3.65. The molecule has 1 fully saturated rings. The van der Waals surface area contributed by atoms with Crippen LogP contribution in [0, 0.1) is 12.8 Å². The van der Waals surface area contributed by atoms with Crippen molar-refractivity contribution in [2.45, 2.75) is 26.3 Å². The van der Waals surface area contributed by atoms with Crippen LogP contribution < -0.4 is 0 Å². The van der Waals surface area contributed by atoms with Gasteiger partial charge < -0.3 is 14.7 Å². The van der Waals surface area contributed by atoms with E-state index in [-0.39, 0.29) is 19.1 Å². The van der Waals surface area contributed by atoms with Gasteiger partial charge in [0.2, 0.25) is 0 Å². The summed E-state index contributed by atoms with van der Waals surface area (Å²) < 4.78 is 5.27. The molecule has 2 heterocycles. The molecule has 0 radical (unpaired) electrons. The third-order valence-electron chi connectivity index (χ3n) is 3.65. The molecule has 0 spiro atoms. The number of hydrogen-bond acceptors (Lipinski definition) is 4. The summed E-state index contributed by atoms with van der Waals surface area (Å²) in [6, 6.07) is 3.08. The number of aromatic nitrogens is 1. The van der Waals surface area contributed by atoms with Crippen LogP contribution in [0.25, 0.3) is 0 Å². The first-order valence-corrected chi connectivity index (χ1v) is 7.08. The minimum Gasteiger partial charge on any atom is -0.481 e. The molecular weight excluding hydrogens is 272 g/mol. The molecule has 1 amide bonds. The Morgan fingerprint density at radius 2 is 2.19 bits per heavy atom. The Morgan fingerprint density at radius 3 is 2.76 bits per heavy atom. The summed E-state index contributed by atoms with van der Waals surface area (Å²) in [7, 11) is 0. The number of carbonyl (C=O) groups excluding carboxylic acids is 1. The lowest BCUT2D eigenvalue weighted by molar-refractivity contribution is -0.142. The molecule has 1 aromatic rings.